The Labute approximate surface area is 191 Å². The number of carbonyl (C=O) groups is 2. The van der Waals surface area contributed by atoms with E-state index in [0.717, 1.165) is 11.1 Å². The molecule has 0 unspecified atom stereocenters. The van der Waals surface area contributed by atoms with Gasteiger partial charge in [-0.3, -0.25) is 4.79 Å². The van der Waals surface area contributed by atoms with Gasteiger partial charge >= 0.3 is 5.97 Å². The Bertz CT molecular complexity index is 1210. The summed E-state index contributed by atoms with van der Waals surface area (Å²) in [6, 6.07) is 11.7. The molecular weight excluding hydrogens is 423 g/mol. The molecule has 170 valence electrons. The number of amides is 1. The van der Waals surface area contributed by atoms with Crippen molar-refractivity contribution in [3.05, 3.63) is 94.7 Å². The van der Waals surface area contributed by atoms with E-state index in [2.05, 4.69) is 27.2 Å². The summed E-state index contributed by atoms with van der Waals surface area (Å²) in [6.07, 6.45) is 1.44. The highest BCUT2D eigenvalue weighted by Gasteiger charge is 2.11. The Morgan fingerprint density at radius 3 is 2.45 bits per heavy atom. The predicted molar refractivity (Wildman–Crippen MR) is 124 cm³/mol. The first kappa shape index (κ1) is 23.6. The van der Waals surface area contributed by atoms with Gasteiger partial charge in [0.15, 0.2) is 0 Å². The minimum atomic E-state index is -0.374. The zero-order valence-corrected chi connectivity index (χ0v) is 18.7. The van der Waals surface area contributed by atoms with Crippen LogP contribution in [0.15, 0.2) is 55.4 Å². The van der Waals surface area contributed by atoms with Crippen molar-refractivity contribution in [2.24, 2.45) is 0 Å². The van der Waals surface area contributed by atoms with E-state index in [4.69, 9.17) is 4.74 Å². The van der Waals surface area contributed by atoms with Crippen LogP contribution in [-0.2, 0) is 22.5 Å². The van der Waals surface area contributed by atoms with Crippen LogP contribution in [0.5, 0.6) is 0 Å². The number of hydrogen-bond donors (Lipinski definition) is 2. The average Bonchev–Trinajstić information content (AvgIpc) is 2.79. The van der Waals surface area contributed by atoms with Gasteiger partial charge in [-0.25, -0.2) is 19.2 Å². The third-order valence-corrected chi connectivity index (χ3v) is 5.03. The van der Waals surface area contributed by atoms with Crippen molar-refractivity contribution >= 4 is 23.4 Å². The zero-order chi connectivity index (χ0) is 24.0. The first-order valence-electron chi connectivity index (χ1n) is 10.2. The van der Waals surface area contributed by atoms with Crippen molar-refractivity contribution < 1.29 is 18.7 Å². The molecule has 0 spiro atoms. The standard InChI is InChI=1S/C25H25FN4O3/c1-15-9-19(5-7-20(15)25(32)33-4)13-27-17(3)22-12-23(29-14-28-22)30-24(31)11-18-6-8-21(26)16(2)10-18/h5-10,12,14,27H,3,11,13H2,1-2,4H3,(H,28,29,30,31). The summed E-state index contributed by atoms with van der Waals surface area (Å²) in [7, 11) is 1.35. The van der Waals surface area contributed by atoms with Crippen molar-refractivity contribution in [2.45, 2.75) is 26.8 Å². The van der Waals surface area contributed by atoms with Gasteiger partial charge in [-0.1, -0.05) is 30.8 Å². The van der Waals surface area contributed by atoms with E-state index in [1.54, 1.807) is 31.2 Å². The molecule has 1 heterocycles. The molecule has 0 bridgehead atoms. The van der Waals surface area contributed by atoms with Gasteiger partial charge in [-0.05, 0) is 48.2 Å². The van der Waals surface area contributed by atoms with Crippen LogP contribution in [0.4, 0.5) is 10.2 Å². The topological polar surface area (TPSA) is 93.2 Å². The van der Waals surface area contributed by atoms with Crippen molar-refractivity contribution in [3.8, 4) is 0 Å². The SMILES string of the molecule is C=C(NCc1ccc(C(=O)OC)c(C)c1)c1cc(NC(=O)Cc2ccc(F)c(C)c2)ncn1. The molecule has 33 heavy (non-hydrogen) atoms. The van der Waals surface area contributed by atoms with Gasteiger partial charge in [0.2, 0.25) is 5.91 Å². The molecule has 0 radical (unpaired) electrons. The van der Waals surface area contributed by atoms with Crippen LogP contribution >= 0.6 is 0 Å². The molecule has 0 saturated heterocycles. The van der Waals surface area contributed by atoms with E-state index in [1.165, 1.54) is 19.5 Å². The molecular formula is C25H25FN4O3. The van der Waals surface area contributed by atoms with Crippen LogP contribution < -0.4 is 10.6 Å². The number of rotatable bonds is 8. The maximum absolute atomic E-state index is 13.4. The van der Waals surface area contributed by atoms with Crippen LogP contribution in [-0.4, -0.2) is 29.0 Å². The highest BCUT2D eigenvalue weighted by molar-refractivity contribution is 5.92. The summed E-state index contributed by atoms with van der Waals surface area (Å²) in [4.78, 5) is 32.4. The summed E-state index contributed by atoms with van der Waals surface area (Å²) in [5.41, 5.74) is 4.57. The monoisotopic (exact) mass is 448 g/mol. The number of aromatic nitrogens is 2. The summed E-state index contributed by atoms with van der Waals surface area (Å²) in [6.45, 7) is 7.97. The molecule has 0 fully saturated rings. The quantitative estimate of drug-likeness (QED) is 0.507. The predicted octanol–water partition coefficient (Wildman–Crippen LogP) is 3.96. The second kappa shape index (κ2) is 10.5. The van der Waals surface area contributed by atoms with Gasteiger partial charge in [0.1, 0.15) is 18.0 Å². The summed E-state index contributed by atoms with van der Waals surface area (Å²) in [5, 5.41) is 5.91. The number of benzene rings is 2. The Kier molecular flexibility index (Phi) is 7.50. The Morgan fingerprint density at radius 2 is 1.76 bits per heavy atom. The summed E-state index contributed by atoms with van der Waals surface area (Å²) < 4.78 is 18.2. The van der Waals surface area contributed by atoms with Crippen molar-refractivity contribution in [2.75, 3.05) is 12.4 Å². The maximum atomic E-state index is 13.4. The summed E-state index contributed by atoms with van der Waals surface area (Å²) in [5.74, 6) is -0.614. The van der Waals surface area contributed by atoms with E-state index in [9.17, 15) is 14.0 Å². The number of carbonyl (C=O) groups excluding carboxylic acids is 2. The van der Waals surface area contributed by atoms with E-state index < -0.39 is 0 Å². The van der Waals surface area contributed by atoms with Crippen molar-refractivity contribution in [3.63, 3.8) is 0 Å². The van der Waals surface area contributed by atoms with Gasteiger partial charge in [-0.2, -0.15) is 0 Å². The van der Waals surface area contributed by atoms with Gasteiger partial charge in [0, 0.05) is 12.6 Å². The second-order valence-corrected chi connectivity index (χ2v) is 7.57. The highest BCUT2D eigenvalue weighted by atomic mass is 19.1. The molecule has 0 atom stereocenters. The minimum Gasteiger partial charge on any atom is -0.465 e. The van der Waals surface area contributed by atoms with E-state index in [0.29, 0.717) is 40.4 Å². The lowest BCUT2D eigenvalue weighted by Crippen LogP contribution is -2.17. The molecule has 0 saturated carbocycles. The number of nitrogens with zero attached hydrogens (tertiary/aromatic N) is 2. The van der Waals surface area contributed by atoms with Gasteiger partial charge < -0.3 is 15.4 Å². The van der Waals surface area contributed by atoms with E-state index in [-0.39, 0.29) is 24.1 Å². The number of anilines is 1. The number of hydrogen-bond acceptors (Lipinski definition) is 6. The largest absolute Gasteiger partial charge is 0.465 e. The number of esters is 1. The van der Waals surface area contributed by atoms with Crippen LogP contribution in [0.25, 0.3) is 5.70 Å². The average molecular weight is 448 g/mol. The fraction of sp³-hybridized carbons (Fsp3) is 0.200. The molecule has 8 heteroatoms. The number of methoxy groups -OCH3 is 1. The zero-order valence-electron chi connectivity index (χ0n) is 18.7. The lowest BCUT2D eigenvalue weighted by molar-refractivity contribution is -0.115. The number of halogens is 1. The van der Waals surface area contributed by atoms with Crippen LogP contribution in [0, 0.1) is 19.7 Å². The maximum Gasteiger partial charge on any atom is 0.338 e. The molecule has 3 rings (SSSR count). The Hall–Kier alpha value is -4.07. The van der Waals surface area contributed by atoms with Gasteiger partial charge in [0.05, 0.1) is 30.5 Å². The molecule has 2 N–H and O–H groups in total. The smallest absolute Gasteiger partial charge is 0.338 e. The van der Waals surface area contributed by atoms with Gasteiger partial charge in [0.25, 0.3) is 0 Å². The number of nitrogens with one attached hydrogen (secondary N) is 2. The third kappa shape index (κ3) is 6.22. The van der Waals surface area contributed by atoms with Crippen LogP contribution in [0.2, 0.25) is 0 Å². The van der Waals surface area contributed by atoms with Crippen LogP contribution in [0.3, 0.4) is 0 Å². The molecule has 7 nitrogen and oxygen atoms in total. The number of ether oxygens (including phenoxy) is 1. The lowest BCUT2D eigenvalue weighted by atomic mass is 10.1. The molecule has 1 amide bonds. The van der Waals surface area contributed by atoms with Gasteiger partial charge in [-0.15, -0.1) is 0 Å². The van der Waals surface area contributed by atoms with E-state index in [1.807, 2.05) is 19.1 Å². The van der Waals surface area contributed by atoms with Crippen molar-refractivity contribution in [1.82, 2.24) is 15.3 Å². The molecule has 0 aliphatic rings. The fourth-order valence-electron chi connectivity index (χ4n) is 3.25. The normalized spacial score (nSPS) is 10.4. The Balaban J connectivity index is 1.60. The Morgan fingerprint density at radius 1 is 1.03 bits per heavy atom. The first-order chi connectivity index (χ1) is 15.8. The number of aryl methyl sites for hydroxylation is 2. The molecule has 3 aromatic rings. The second-order valence-electron chi connectivity index (χ2n) is 7.57. The molecule has 0 aliphatic carbocycles. The first-order valence-corrected chi connectivity index (χ1v) is 10.2. The minimum absolute atomic E-state index is 0.0978. The third-order valence-electron chi connectivity index (χ3n) is 5.03. The van der Waals surface area contributed by atoms with Crippen molar-refractivity contribution in [1.29, 1.82) is 0 Å². The lowest BCUT2D eigenvalue weighted by Gasteiger charge is -2.12. The molecule has 2 aromatic carbocycles. The van der Waals surface area contributed by atoms with E-state index >= 15 is 0 Å². The fourth-order valence-corrected chi connectivity index (χ4v) is 3.25. The van der Waals surface area contributed by atoms with Crippen LogP contribution in [0.1, 0.15) is 38.3 Å². The molecule has 0 aliphatic heterocycles. The summed E-state index contributed by atoms with van der Waals surface area (Å²) >= 11 is 0. The highest BCUT2D eigenvalue weighted by Crippen LogP contribution is 2.15. The molecule has 1 aromatic heterocycles.